The Kier molecular flexibility index (Phi) is 7.70. The molecule has 1 spiro atoms. The maximum atomic E-state index is 14.2. The van der Waals surface area contributed by atoms with Crippen molar-refractivity contribution in [3.63, 3.8) is 0 Å². The number of aliphatic hydroxyl groups is 1. The van der Waals surface area contributed by atoms with Crippen LogP contribution in [-0.4, -0.2) is 87.0 Å². The second kappa shape index (κ2) is 10.3. The van der Waals surface area contributed by atoms with Gasteiger partial charge in [0.05, 0.1) is 24.5 Å². The van der Waals surface area contributed by atoms with E-state index in [1.807, 2.05) is 51.1 Å². The number of amides is 3. The lowest BCUT2D eigenvalue weighted by Gasteiger charge is -2.42. The Morgan fingerprint density at radius 2 is 1.84 bits per heavy atom. The number of hydrogen-bond donors (Lipinski definition) is 1. The van der Waals surface area contributed by atoms with Crippen LogP contribution in [0.3, 0.4) is 0 Å². The normalized spacial score (nSPS) is 30.2. The summed E-state index contributed by atoms with van der Waals surface area (Å²) in [4.78, 5) is 46.8. The molecule has 4 rings (SSSR count). The third-order valence-corrected chi connectivity index (χ3v) is 8.53. The molecule has 37 heavy (non-hydrogen) atoms. The Morgan fingerprint density at radius 3 is 2.41 bits per heavy atom. The van der Waals surface area contributed by atoms with Crippen LogP contribution in [0.2, 0.25) is 0 Å². The van der Waals surface area contributed by atoms with E-state index in [1.54, 1.807) is 22.0 Å². The number of benzene rings is 1. The first-order valence-electron chi connectivity index (χ1n) is 12.7. The van der Waals surface area contributed by atoms with Gasteiger partial charge in [-0.3, -0.25) is 14.4 Å². The number of para-hydroxylation sites is 1. The molecule has 3 heterocycles. The van der Waals surface area contributed by atoms with E-state index in [1.165, 1.54) is 4.90 Å². The van der Waals surface area contributed by atoms with Gasteiger partial charge in [-0.15, -0.1) is 13.2 Å². The highest BCUT2D eigenvalue weighted by Gasteiger charge is 2.77. The molecule has 1 N–H and O–H groups in total. The Balaban J connectivity index is 1.79. The molecular weight excluding hydrogens is 538 g/mol. The Morgan fingerprint density at radius 1 is 1.19 bits per heavy atom. The SMILES string of the molecule is C=CCN(C(=O)[C@H]1[C@H]2C(=O)N(CCO)C(C(=O)N(CC=C)C(C)(C)C)C23CC(Br)[C@@H]1O3)c1ccccc1. The zero-order valence-corrected chi connectivity index (χ0v) is 23.3. The van der Waals surface area contributed by atoms with Gasteiger partial charge in [0.2, 0.25) is 17.7 Å². The van der Waals surface area contributed by atoms with Gasteiger partial charge in [-0.05, 0) is 39.3 Å². The zero-order valence-electron chi connectivity index (χ0n) is 21.7. The van der Waals surface area contributed by atoms with Crippen molar-refractivity contribution in [2.24, 2.45) is 11.8 Å². The largest absolute Gasteiger partial charge is 0.395 e. The quantitative estimate of drug-likeness (QED) is 0.362. The zero-order chi connectivity index (χ0) is 27.1. The summed E-state index contributed by atoms with van der Waals surface area (Å²) in [6.07, 6.45) is 3.16. The number of nitrogens with zero attached hydrogens (tertiary/aromatic N) is 3. The van der Waals surface area contributed by atoms with Crippen LogP contribution >= 0.6 is 15.9 Å². The molecule has 8 nitrogen and oxygen atoms in total. The van der Waals surface area contributed by atoms with E-state index >= 15 is 0 Å². The fraction of sp³-hybridized carbons (Fsp3) is 0.536. The molecular formula is C28H36BrN3O5. The lowest BCUT2D eigenvalue weighted by molar-refractivity contribution is -0.151. The summed E-state index contributed by atoms with van der Waals surface area (Å²) in [5, 5.41) is 9.84. The first-order valence-corrected chi connectivity index (χ1v) is 13.6. The Labute approximate surface area is 227 Å². The number of ether oxygens (including phenoxy) is 1. The summed E-state index contributed by atoms with van der Waals surface area (Å²) in [7, 11) is 0. The van der Waals surface area contributed by atoms with Crippen molar-refractivity contribution in [2.45, 2.75) is 55.3 Å². The van der Waals surface area contributed by atoms with E-state index in [0.717, 1.165) is 0 Å². The molecule has 0 aromatic heterocycles. The molecule has 0 aliphatic carbocycles. The average Bonchev–Trinajstić information content (AvgIpc) is 3.44. The predicted octanol–water partition coefficient (Wildman–Crippen LogP) is 2.76. The number of fused-ring (bicyclic) bond motifs is 1. The minimum atomic E-state index is -1.18. The monoisotopic (exact) mass is 573 g/mol. The van der Waals surface area contributed by atoms with E-state index in [0.29, 0.717) is 18.7 Å². The molecule has 9 heteroatoms. The fourth-order valence-corrected chi connectivity index (χ4v) is 7.19. The van der Waals surface area contributed by atoms with E-state index in [9.17, 15) is 19.5 Å². The maximum Gasteiger partial charge on any atom is 0.249 e. The van der Waals surface area contributed by atoms with Crippen LogP contribution in [0.1, 0.15) is 27.2 Å². The molecule has 0 radical (unpaired) electrons. The van der Waals surface area contributed by atoms with Gasteiger partial charge in [-0.2, -0.15) is 0 Å². The Bertz CT molecular complexity index is 1070. The minimum Gasteiger partial charge on any atom is -0.395 e. The van der Waals surface area contributed by atoms with Crippen LogP contribution in [0.5, 0.6) is 0 Å². The number of likely N-dealkylation sites (tertiary alicyclic amines) is 1. The molecule has 3 saturated heterocycles. The molecule has 3 aliphatic rings. The summed E-state index contributed by atoms with van der Waals surface area (Å²) >= 11 is 3.71. The van der Waals surface area contributed by atoms with Gasteiger partial charge >= 0.3 is 0 Å². The summed E-state index contributed by atoms with van der Waals surface area (Å²) < 4.78 is 6.58. The third kappa shape index (κ3) is 4.45. The minimum absolute atomic E-state index is 0.0174. The molecule has 0 saturated carbocycles. The predicted molar refractivity (Wildman–Crippen MR) is 145 cm³/mol. The van der Waals surface area contributed by atoms with Gasteiger partial charge < -0.3 is 24.5 Å². The van der Waals surface area contributed by atoms with Gasteiger partial charge in [0.1, 0.15) is 11.6 Å². The molecule has 3 amide bonds. The van der Waals surface area contributed by atoms with Gasteiger partial charge in [0, 0.05) is 35.7 Å². The van der Waals surface area contributed by atoms with E-state index in [-0.39, 0.29) is 42.2 Å². The summed E-state index contributed by atoms with van der Waals surface area (Å²) in [6, 6.07) is 8.30. The number of anilines is 1. The Hall–Kier alpha value is -2.49. The number of carbonyl (C=O) groups is 3. The van der Waals surface area contributed by atoms with Crippen LogP contribution in [-0.2, 0) is 19.1 Å². The van der Waals surface area contributed by atoms with Gasteiger partial charge in [-0.25, -0.2) is 0 Å². The van der Waals surface area contributed by atoms with Crippen molar-refractivity contribution in [1.82, 2.24) is 9.80 Å². The smallest absolute Gasteiger partial charge is 0.249 e. The van der Waals surface area contributed by atoms with Crippen molar-refractivity contribution in [3.8, 4) is 0 Å². The van der Waals surface area contributed by atoms with Crippen molar-refractivity contribution < 1.29 is 24.2 Å². The number of hydrogen-bond acceptors (Lipinski definition) is 5. The molecule has 2 bridgehead atoms. The second-order valence-electron chi connectivity index (χ2n) is 10.9. The molecule has 1 aromatic rings. The number of halogens is 1. The molecule has 3 aliphatic heterocycles. The van der Waals surface area contributed by atoms with Gasteiger partial charge in [0.25, 0.3) is 0 Å². The van der Waals surface area contributed by atoms with Crippen molar-refractivity contribution >= 4 is 39.3 Å². The highest BCUT2D eigenvalue weighted by molar-refractivity contribution is 9.09. The highest BCUT2D eigenvalue weighted by atomic mass is 79.9. The summed E-state index contributed by atoms with van der Waals surface area (Å²) in [5.41, 5.74) is -1.02. The fourth-order valence-electron chi connectivity index (χ4n) is 6.25. The molecule has 200 valence electrons. The van der Waals surface area contributed by atoms with Gasteiger partial charge in [0.15, 0.2) is 0 Å². The number of aliphatic hydroxyl groups excluding tert-OH is 1. The van der Waals surface area contributed by atoms with Crippen molar-refractivity contribution in [3.05, 3.63) is 55.6 Å². The van der Waals surface area contributed by atoms with E-state index in [4.69, 9.17) is 4.74 Å². The average molecular weight is 575 g/mol. The van der Waals surface area contributed by atoms with E-state index in [2.05, 4.69) is 29.1 Å². The van der Waals surface area contributed by atoms with Gasteiger partial charge in [-0.1, -0.05) is 46.3 Å². The van der Waals surface area contributed by atoms with Crippen LogP contribution in [0.25, 0.3) is 0 Å². The molecule has 3 unspecified atom stereocenters. The van der Waals surface area contributed by atoms with Crippen LogP contribution in [0.4, 0.5) is 5.69 Å². The number of rotatable bonds is 9. The van der Waals surface area contributed by atoms with Crippen LogP contribution in [0.15, 0.2) is 55.6 Å². The molecule has 1 aromatic carbocycles. The number of carbonyl (C=O) groups excluding carboxylic acids is 3. The first kappa shape index (κ1) is 27.5. The standard InChI is InChI=1S/C28H36BrN3O5/c1-6-13-30(18-11-9-8-10-12-18)24(34)20-21-25(35)31(15-16-33)23(28(21)17-19(29)22(20)37-28)26(36)32(14-7-2)27(3,4)5/h6-12,19-23,33H,1-2,13-17H2,3-5H3/t19?,20-,21-,22-,23?,28?/m0/s1. The first-order chi connectivity index (χ1) is 17.5. The molecule has 3 fully saturated rings. The van der Waals surface area contributed by atoms with Crippen LogP contribution in [0, 0.1) is 11.8 Å². The number of alkyl halides is 1. The second-order valence-corrected chi connectivity index (χ2v) is 12.1. The van der Waals surface area contributed by atoms with Crippen molar-refractivity contribution in [1.29, 1.82) is 0 Å². The lowest BCUT2D eigenvalue weighted by atomic mass is 9.70. The number of β-amino-alcohol motifs (C(OH)–C–C–N with tert-alkyl or cyclic N) is 1. The third-order valence-electron chi connectivity index (χ3n) is 7.68. The summed E-state index contributed by atoms with van der Waals surface area (Å²) in [5.74, 6) is -2.45. The lowest BCUT2D eigenvalue weighted by Crippen LogP contribution is -2.60. The van der Waals surface area contributed by atoms with E-state index < -0.39 is 35.1 Å². The van der Waals surface area contributed by atoms with Crippen LogP contribution < -0.4 is 4.90 Å². The summed E-state index contributed by atoms with van der Waals surface area (Å²) in [6.45, 7) is 13.6. The topological polar surface area (TPSA) is 90.4 Å². The van der Waals surface area contributed by atoms with Crippen molar-refractivity contribution in [2.75, 3.05) is 31.1 Å². The molecule has 6 atom stereocenters. The maximum absolute atomic E-state index is 14.2. The highest BCUT2D eigenvalue weighted by Crippen LogP contribution is 2.60.